The van der Waals surface area contributed by atoms with Gasteiger partial charge in [-0.15, -0.1) is 0 Å². The van der Waals surface area contributed by atoms with Crippen LogP contribution in [-0.2, 0) is 4.74 Å². The Morgan fingerprint density at radius 3 is 2.76 bits per heavy atom. The maximum absolute atomic E-state index is 11.7. The number of aliphatic hydroxyl groups excluding tert-OH is 1. The molecule has 0 saturated heterocycles. The maximum atomic E-state index is 11.7. The number of rotatable bonds is 6. The van der Waals surface area contributed by atoms with E-state index in [4.69, 9.17) is 4.74 Å². The van der Waals surface area contributed by atoms with Crippen LogP contribution >= 0.6 is 0 Å². The lowest BCUT2D eigenvalue weighted by atomic mass is 9.89. The zero-order chi connectivity index (χ0) is 15.1. The van der Waals surface area contributed by atoms with Crippen molar-refractivity contribution in [1.29, 1.82) is 0 Å². The smallest absolute Gasteiger partial charge is 0.407 e. The van der Waals surface area contributed by atoms with Gasteiger partial charge in [-0.1, -0.05) is 43.7 Å². The summed E-state index contributed by atoms with van der Waals surface area (Å²) in [5.74, 6) is 0.505. The van der Waals surface area contributed by atoms with Crippen molar-refractivity contribution in [1.82, 2.24) is 5.32 Å². The molecule has 4 nitrogen and oxygen atoms in total. The molecule has 4 heteroatoms. The summed E-state index contributed by atoms with van der Waals surface area (Å²) >= 11 is 0. The van der Waals surface area contributed by atoms with E-state index in [1.807, 2.05) is 18.2 Å². The van der Waals surface area contributed by atoms with Gasteiger partial charge >= 0.3 is 6.09 Å². The summed E-state index contributed by atoms with van der Waals surface area (Å²) in [6.07, 6.45) is 3.24. The van der Waals surface area contributed by atoms with Gasteiger partial charge < -0.3 is 15.2 Å². The molecule has 3 unspecified atom stereocenters. The number of hydrogen-bond acceptors (Lipinski definition) is 3. The van der Waals surface area contributed by atoms with E-state index in [9.17, 15) is 9.90 Å². The molecule has 0 radical (unpaired) electrons. The van der Waals surface area contributed by atoms with E-state index in [-0.39, 0.29) is 24.7 Å². The van der Waals surface area contributed by atoms with Crippen LogP contribution in [0, 0.1) is 5.92 Å². The first kappa shape index (κ1) is 15.8. The van der Waals surface area contributed by atoms with E-state index in [0.717, 1.165) is 25.7 Å². The topological polar surface area (TPSA) is 58.6 Å². The van der Waals surface area contributed by atoms with Crippen LogP contribution in [-0.4, -0.2) is 30.5 Å². The molecule has 21 heavy (non-hydrogen) atoms. The standard InChI is InChI=1S/C17H25NO3/c1-2-3-9-21-17(20)18-15-10-14(12-19)16(11-15)13-7-5-4-6-8-13/h4-8,14-16,19H,2-3,9-12H2,1H3,(H,18,20). The Bertz CT molecular complexity index is 435. The molecule has 0 heterocycles. The lowest BCUT2D eigenvalue weighted by molar-refractivity contribution is 0.140. The highest BCUT2D eigenvalue weighted by atomic mass is 16.5. The Morgan fingerprint density at radius 2 is 2.10 bits per heavy atom. The van der Waals surface area contributed by atoms with E-state index in [1.165, 1.54) is 5.56 Å². The molecule has 1 aromatic carbocycles. The lowest BCUT2D eigenvalue weighted by Gasteiger charge is -2.17. The van der Waals surface area contributed by atoms with Crippen LogP contribution in [0.4, 0.5) is 4.79 Å². The molecule has 3 atom stereocenters. The predicted octanol–water partition coefficient (Wildman–Crippen LogP) is 3.07. The summed E-state index contributed by atoms with van der Waals surface area (Å²) in [7, 11) is 0. The van der Waals surface area contributed by atoms with Gasteiger partial charge in [0, 0.05) is 12.6 Å². The van der Waals surface area contributed by atoms with Gasteiger partial charge in [-0.25, -0.2) is 4.79 Å². The molecule has 0 aliphatic heterocycles. The van der Waals surface area contributed by atoms with E-state index in [0.29, 0.717) is 12.5 Å². The van der Waals surface area contributed by atoms with Crippen molar-refractivity contribution in [3.8, 4) is 0 Å². The fourth-order valence-corrected chi connectivity index (χ4v) is 3.07. The average molecular weight is 291 g/mol. The number of nitrogens with one attached hydrogen (secondary N) is 1. The van der Waals surface area contributed by atoms with Crippen molar-refractivity contribution >= 4 is 6.09 Å². The van der Waals surface area contributed by atoms with Gasteiger partial charge in [0.1, 0.15) is 0 Å². The molecule has 116 valence electrons. The van der Waals surface area contributed by atoms with Crippen LogP contribution in [0.2, 0.25) is 0 Å². The first-order valence-electron chi connectivity index (χ1n) is 7.83. The van der Waals surface area contributed by atoms with Gasteiger partial charge in [0.05, 0.1) is 6.61 Å². The molecule has 2 rings (SSSR count). The molecule has 1 aliphatic rings. The van der Waals surface area contributed by atoms with E-state index < -0.39 is 0 Å². The number of benzene rings is 1. The summed E-state index contributed by atoms with van der Waals surface area (Å²) in [6.45, 7) is 2.69. The SMILES string of the molecule is CCCCOC(=O)NC1CC(CO)C(c2ccccc2)C1. The van der Waals surface area contributed by atoms with Gasteiger partial charge in [-0.05, 0) is 36.7 Å². The van der Waals surface area contributed by atoms with Crippen molar-refractivity contribution in [3.63, 3.8) is 0 Å². The van der Waals surface area contributed by atoms with E-state index >= 15 is 0 Å². The first-order chi connectivity index (χ1) is 10.2. The van der Waals surface area contributed by atoms with Gasteiger partial charge in [-0.2, -0.15) is 0 Å². The van der Waals surface area contributed by atoms with Crippen molar-refractivity contribution in [2.75, 3.05) is 13.2 Å². The highest BCUT2D eigenvalue weighted by Crippen LogP contribution is 2.39. The molecule has 1 saturated carbocycles. The Morgan fingerprint density at radius 1 is 1.33 bits per heavy atom. The number of amides is 1. The Balaban J connectivity index is 1.88. The van der Waals surface area contributed by atoms with Crippen LogP contribution in [0.25, 0.3) is 0 Å². The number of hydrogen-bond donors (Lipinski definition) is 2. The van der Waals surface area contributed by atoms with Crippen LogP contribution in [0.1, 0.15) is 44.1 Å². The highest BCUT2D eigenvalue weighted by molar-refractivity contribution is 5.67. The molecule has 1 fully saturated rings. The van der Waals surface area contributed by atoms with Crippen molar-refractivity contribution in [3.05, 3.63) is 35.9 Å². The predicted molar refractivity (Wildman–Crippen MR) is 82.2 cm³/mol. The van der Waals surface area contributed by atoms with Gasteiger partial charge in [0.15, 0.2) is 0 Å². The summed E-state index contributed by atoms with van der Waals surface area (Å²) in [5.41, 5.74) is 1.24. The largest absolute Gasteiger partial charge is 0.450 e. The second kappa shape index (κ2) is 8.03. The number of unbranched alkanes of at least 4 members (excludes halogenated alkanes) is 1. The van der Waals surface area contributed by atoms with Gasteiger partial charge in [0.25, 0.3) is 0 Å². The molecule has 1 amide bonds. The van der Waals surface area contributed by atoms with Crippen molar-refractivity contribution < 1.29 is 14.6 Å². The molecule has 0 aromatic heterocycles. The van der Waals surface area contributed by atoms with Crippen molar-refractivity contribution in [2.24, 2.45) is 5.92 Å². The van der Waals surface area contributed by atoms with Gasteiger partial charge in [0.2, 0.25) is 0 Å². The van der Waals surface area contributed by atoms with Crippen LogP contribution < -0.4 is 5.32 Å². The third kappa shape index (κ3) is 4.46. The third-order valence-corrected chi connectivity index (χ3v) is 4.21. The quantitative estimate of drug-likeness (QED) is 0.792. The highest BCUT2D eigenvalue weighted by Gasteiger charge is 2.35. The second-order valence-electron chi connectivity index (χ2n) is 5.76. The molecular formula is C17H25NO3. The summed E-state index contributed by atoms with van der Waals surface area (Å²) in [6, 6.07) is 10.3. The Kier molecular flexibility index (Phi) is 6.05. The number of carbonyl (C=O) groups is 1. The molecular weight excluding hydrogens is 266 g/mol. The molecule has 0 spiro atoms. The second-order valence-corrected chi connectivity index (χ2v) is 5.76. The molecule has 1 aromatic rings. The maximum Gasteiger partial charge on any atom is 0.407 e. The summed E-state index contributed by atoms with van der Waals surface area (Å²) in [4.78, 5) is 11.7. The zero-order valence-corrected chi connectivity index (χ0v) is 12.6. The fraction of sp³-hybridized carbons (Fsp3) is 0.588. The summed E-state index contributed by atoms with van der Waals surface area (Å²) in [5, 5.41) is 12.5. The fourth-order valence-electron chi connectivity index (χ4n) is 3.07. The van der Waals surface area contributed by atoms with Crippen molar-refractivity contribution in [2.45, 2.75) is 44.6 Å². The zero-order valence-electron chi connectivity index (χ0n) is 12.6. The minimum Gasteiger partial charge on any atom is -0.450 e. The summed E-state index contributed by atoms with van der Waals surface area (Å²) < 4.78 is 5.14. The number of ether oxygens (including phenoxy) is 1. The van der Waals surface area contributed by atoms with E-state index in [1.54, 1.807) is 0 Å². The van der Waals surface area contributed by atoms with E-state index in [2.05, 4.69) is 24.4 Å². The Hall–Kier alpha value is -1.55. The normalized spacial score (nSPS) is 24.8. The number of aliphatic hydroxyl groups is 1. The molecule has 2 N–H and O–H groups in total. The number of carbonyl (C=O) groups excluding carboxylic acids is 1. The van der Waals surface area contributed by atoms with Crippen LogP contribution in [0.3, 0.4) is 0 Å². The Labute approximate surface area is 126 Å². The minimum atomic E-state index is -0.334. The minimum absolute atomic E-state index is 0.0847. The third-order valence-electron chi connectivity index (χ3n) is 4.21. The molecule has 1 aliphatic carbocycles. The molecule has 0 bridgehead atoms. The van der Waals surface area contributed by atoms with Crippen LogP contribution in [0.15, 0.2) is 30.3 Å². The average Bonchev–Trinajstić information content (AvgIpc) is 2.91. The first-order valence-corrected chi connectivity index (χ1v) is 7.83. The lowest BCUT2D eigenvalue weighted by Crippen LogP contribution is -2.33. The monoisotopic (exact) mass is 291 g/mol. The van der Waals surface area contributed by atoms with Crippen LogP contribution in [0.5, 0.6) is 0 Å². The number of alkyl carbamates (subject to hydrolysis) is 1. The van der Waals surface area contributed by atoms with Gasteiger partial charge in [-0.3, -0.25) is 0 Å².